The van der Waals surface area contributed by atoms with Crippen molar-refractivity contribution in [3.63, 3.8) is 0 Å². The highest BCUT2D eigenvalue weighted by atomic mass is 15.3. The number of anilines is 4. The summed E-state index contributed by atoms with van der Waals surface area (Å²) in [5.41, 5.74) is 7.09. The Morgan fingerprint density at radius 1 is 0.759 bits per heavy atom. The van der Waals surface area contributed by atoms with Crippen LogP contribution in [0, 0.1) is 27.7 Å². The van der Waals surface area contributed by atoms with Crippen LogP contribution in [0.1, 0.15) is 22.4 Å². The van der Waals surface area contributed by atoms with Crippen molar-refractivity contribution in [1.29, 1.82) is 0 Å². The van der Waals surface area contributed by atoms with Crippen molar-refractivity contribution >= 4 is 23.1 Å². The van der Waals surface area contributed by atoms with Crippen molar-refractivity contribution in [3.8, 4) is 0 Å². The molecule has 5 nitrogen and oxygen atoms in total. The van der Waals surface area contributed by atoms with Crippen molar-refractivity contribution in [2.45, 2.75) is 27.7 Å². The zero-order valence-corrected chi connectivity index (χ0v) is 17.7. The van der Waals surface area contributed by atoms with Gasteiger partial charge in [-0.1, -0.05) is 29.8 Å². The molecule has 5 heteroatoms. The van der Waals surface area contributed by atoms with E-state index in [0.717, 1.165) is 43.4 Å². The topological polar surface area (TPSA) is 44.3 Å². The SMILES string of the molecule is Cc1cccc(N2CCN(c3cc(C)nc(Nc4ccc(C)cc4C)n3)CC2)c1. The lowest BCUT2D eigenvalue weighted by Gasteiger charge is -2.37. The number of nitrogens with one attached hydrogen (secondary N) is 1. The molecule has 4 rings (SSSR count). The molecule has 0 atom stereocenters. The Morgan fingerprint density at radius 2 is 1.48 bits per heavy atom. The first-order valence-electron chi connectivity index (χ1n) is 10.2. The number of hydrogen-bond donors (Lipinski definition) is 1. The zero-order valence-electron chi connectivity index (χ0n) is 17.7. The summed E-state index contributed by atoms with van der Waals surface area (Å²) in [5, 5.41) is 3.40. The number of rotatable bonds is 4. The maximum absolute atomic E-state index is 4.81. The molecule has 1 N–H and O–H groups in total. The fourth-order valence-electron chi connectivity index (χ4n) is 3.86. The third-order valence-corrected chi connectivity index (χ3v) is 5.44. The first-order valence-corrected chi connectivity index (χ1v) is 10.2. The Labute approximate surface area is 173 Å². The van der Waals surface area contributed by atoms with Crippen LogP contribution >= 0.6 is 0 Å². The number of aryl methyl sites for hydroxylation is 4. The van der Waals surface area contributed by atoms with Crippen molar-refractivity contribution < 1.29 is 0 Å². The third-order valence-electron chi connectivity index (χ3n) is 5.44. The van der Waals surface area contributed by atoms with Crippen molar-refractivity contribution in [2.75, 3.05) is 41.3 Å². The van der Waals surface area contributed by atoms with Gasteiger partial charge in [-0.3, -0.25) is 0 Å². The number of benzene rings is 2. The van der Waals surface area contributed by atoms with Crippen LogP contribution < -0.4 is 15.1 Å². The van der Waals surface area contributed by atoms with Gasteiger partial charge in [-0.2, -0.15) is 4.98 Å². The van der Waals surface area contributed by atoms with E-state index in [2.05, 4.69) is 89.4 Å². The van der Waals surface area contributed by atoms with Gasteiger partial charge in [0.05, 0.1) is 0 Å². The monoisotopic (exact) mass is 387 g/mol. The molecule has 0 radical (unpaired) electrons. The van der Waals surface area contributed by atoms with Crippen LogP contribution in [0.5, 0.6) is 0 Å². The van der Waals surface area contributed by atoms with Gasteiger partial charge in [0, 0.05) is 49.3 Å². The minimum Gasteiger partial charge on any atom is -0.368 e. The summed E-state index contributed by atoms with van der Waals surface area (Å²) in [4.78, 5) is 14.2. The lowest BCUT2D eigenvalue weighted by molar-refractivity contribution is 0.646. The third kappa shape index (κ3) is 4.50. The van der Waals surface area contributed by atoms with Gasteiger partial charge >= 0.3 is 0 Å². The molecule has 150 valence electrons. The van der Waals surface area contributed by atoms with Crippen LogP contribution in [-0.2, 0) is 0 Å². The average Bonchev–Trinajstić information content (AvgIpc) is 2.70. The molecule has 0 unspecified atom stereocenters. The predicted octanol–water partition coefficient (Wildman–Crippen LogP) is 4.78. The molecule has 1 aliphatic heterocycles. The molecular weight excluding hydrogens is 358 g/mol. The van der Waals surface area contributed by atoms with E-state index in [0.29, 0.717) is 5.95 Å². The lowest BCUT2D eigenvalue weighted by atomic mass is 10.1. The van der Waals surface area contributed by atoms with Gasteiger partial charge < -0.3 is 15.1 Å². The zero-order chi connectivity index (χ0) is 20.4. The van der Waals surface area contributed by atoms with Crippen LogP contribution in [0.4, 0.5) is 23.1 Å². The van der Waals surface area contributed by atoms with Gasteiger partial charge in [-0.25, -0.2) is 4.98 Å². The molecular formula is C24H29N5. The van der Waals surface area contributed by atoms with Crippen molar-refractivity contribution in [2.24, 2.45) is 0 Å². The van der Waals surface area contributed by atoms with Gasteiger partial charge in [0.2, 0.25) is 5.95 Å². The molecule has 2 aromatic carbocycles. The normalized spacial score (nSPS) is 14.2. The molecule has 1 saturated heterocycles. The second-order valence-electron chi connectivity index (χ2n) is 7.95. The van der Waals surface area contributed by atoms with E-state index in [-0.39, 0.29) is 0 Å². The summed E-state index contributed by atoms with van der Waals surface area (Å²) in [5.74, 6) is 1.65. The molecule has 1 aliphatic rings. The maximum atomic E-state index is 4.81. The van der Waals surface area contributed by atoms with E-state index in [9.17, 15) is 0 Å². The van der Waals surface area contributed by atoms with E-state index in [1.165, 1.54) is 22.4 Å². The van der Waals surface area contributed by atoms with E-state index in [4.69, 9.17) is 4.98 Å². The van der Waals surface area contributed by atoms with Crippen LogP contribution in [0.15, 0.2) is 48.5 Å². The number of hydrogen-bond acceptors (Lipinski definition) is 5. The van der Waals surface area contributed by atoms with Crippen LogP contribution in [-0.4, -0.2) is 36.1 Å². The van der Waals surface area contributed by atoms with E-state index in [1.54, 1.807) is 0 Å². The summed E-state index contributed by atoms with van der Waals surface area (Å²) < 4.78 is 0. The minimum absolute atomic E-state index is 0.660. The Balaban J connectivity index is 1.48. The van der Waals surface area contributed by atoms with Crippen molar-refractivity contribution in [3.05, 3.63) is 70.9 Å². The van der Waals surface area contributed by atoms with Crippen LogP contribution in [0.3, 0.4) is 0 Å². The van der Waals surface area contributed by atoms with E-state index in [1.807, 2.05) is 6.92 Å². The first kappa shape index (κ1) is 19.2. The second kappa shape index (κ2) is 8.11. The van der Waals surface area contributed by atoms with Gasteiger partial charge in [0.1, 0.15) is 5.82 Å². The van der Waals surface area contributed by atoms with Crippen LogP contribution in [0.25, 0.3) is 0 Å². The van der Waals surface area contributed by atoms with E-state index < -0.39 is 0 Å². The van der Waals surface area contributed by atoms with Gasteiger partial charge in [0.15, 0.2) is 0 Å². The standard InChI is InChI=1S/C24H29N5/c1-17-6-5-7-21(15-17)28-10-12-29(13-11-28)23-16-20(4)25-24(27-23)26-22-9-8-18(2)14-19(22)3/h5-9,14-16H,10-13H2,1-4H3,(H,25,26,27). The summed E-state index contributed by atoms with van der Waals surface area (Å²) in [7, 11) is 0. The Morgan fingerprint density at radius 3 is 2.21 bits per heavy atom. The van der Waals surface area contributed by atoms with Crippen molar-refractivity contribution in [1.82, 2.24) is 9.97 Å². The van der Waals surface area contributed by atoms with Gasteiger partial charge in [-0.15, -0.1) is 0 Å². The fraction of sp³-hybridized carbons (Fsp3) is 0.333. The fourth-order valence-corrected chi connectivity index (χ4v) is 3.86. The summed E-state index contributed by atoms with van der Waals surface area (Å²) in [6.45, 7) is 12.3. The minimum atomic E-state index is 0.660. The molecule has 0 spiro atoms. The Kier molecular flexibility index (Phi) is 5.38. The quantitative estimate of drug-likeness (QED) is 0.698. The highest BCUT2D eigenvalue weighted by molar-refractivity contribution is 5.60. The molecule has 0 bridgehead atoms. The Bertz CT molecular complexity index is 1010. The molecule has 0 aliphatic carbocycles. The number of nitrogens with zero attached hydrogens (tertiary/aromatic N) is 4. The summed E-state index contributed by atoms with van der Waals surface area (Å²) in [6.07, 6.45) is 0. The molecule has 2 heterocycles. The molecule has 0 saturated carbocycles. The van der Waals surface area contributed by atoms with E-state index >= 15 is 0 Å². The number of aromatic nitrogens is 2. The van der Waals surface area contributed by atoms with Gasteiger partial charge in [0.25, 0.3) is 0 Å². The number of piperazine rings is 1. The molecule has 1 aromatic heterocycles. The largest absolute Gasteiger partial charge is 0.368 e. The summed E-state index contributed by atoms with van der Waals surface area (Å²) in [6, 6.07) is 17.2. The summed E-state index contributed by atoms with van der Waals surface area (Å²) >= 11 is 0. The van der Waals surface area contributed by atoms with Crippen LogP contribution in [0.2, 0.25) is 0 Å². The predicted molar refractivity (Wildman–Crippen MR) is 122 cm³/mol. The molecule has 29 heavy (non-hydrogen) atoms. The first-order chi connectivity index (χ1) is 14.0. The Hall–Kier alpha value is -3.08. The van der Waals surface area contributed by atoms with Gasteiger partial charge in [-0.05, 0) is 57.0 Å². The second-order valence-corrected chi connectivity index (χ2v) is 7.95. The highest BCUT2D eigenvalue weighted by Gasteiger charge is 2.19. The lowest BCUT2D eigenvalue weighted by Crippen LogP contribution is -2.47. The molecule has 3 aromatic rings. The smallest absolute Gasteiger partial charge is 0.229 e. The molecule has 1 fully saturated rings. The highest BCUT2D eigenvalue weighted by Crippen LogP contribution is 2.24. The maximum Gasteiger partial charge on any atom is 0.229 e. The molecule has 0 amide bonds. The average molecular weight is 388 g/mol.